The molecule has 8 nitrogen and oxygen atoms in total. The number of fused-ring (bicyclic) bond motifs is 2. The van der Waals surface area contributed by atoms with Crippen LogP contribution < -0.4 is 16.4 Å². The van der Waals surface area contributed by atoms with Crippen molar-refractivity contribution >= 4 is 22.6 Å². The number of pyridine rings is 2. The van der Waals surface area contributed by atoms with Crippen molar-refractivity contribution in [1.82, 2.24) is 19.3 Å². The third-order valence-corrected chi connectivity index (χ3v) is 4.30. The fourth-order valence-corrected chi connectivity index (χ4v) is 2.93. The van der Waals surface area contributed by atoms with E-state index >= 15 is 0 Å². The van der Waals surface area contributed by atoms with Crippen molar-refractivity contribution in [2.24, 2.45) is 0 Å². The Hall–Kier alpha value is -3.26. The normalized spacial score (nSPS) is 11.0. The van der Waals surface area contributed by atoms with Crippen LogP contribution in [0.2, 0.25) is 0 Å². The zero-order valence-electron chi connectivity index (χ0n) is 15.3. The van der Waals surface area contributed by atoms with Gasteiger partial charge in [0.05, 0.1) is 17.6 Å². The average Bonchev–Trinajstić information content (AvgIpc) is 2.66. The van der Waals surface area contributed by atoms with Gasteiger partial charge in [0.25, 0.3) is 11.5 Å². The Morgan fingerprint density at radius 2 is 2.22 bits per heavy atom. The first-order valence-electron chi connectivity index (χ1n) is 8.47. The SMILES string of the molecule is C=CCNC(=O)c1cc2c(=O)n3cccc(C)c3nc2n(CCOC)c1=N. The first-order valence-corrected chi connectivity index (χ1v) is 8.47. The fraction of sp³-hybridized carbons (Fsp3) is 0.263. The highest BCUT2D eigenvalue weighted by Crippen LogP contribution is 2.12. The zero-order chi connectivity index (χ0) is 19.6. The molecule has 0 spiro atoms. The molecule has 0 bridgehead atoms. The molecule has 0 aliphatic rings. The number of amides is 1. The van der Waals surface area contributed by atoms with E-state index in [1.54, 1.807) is 25.4 Å². The van der Waals surface area contributed by atoms with Crippen LogP contribution in [0, 0.1) is 12.3 Å². The predicted molar refractivity (Wildman–Crippen MR) is 102 cm³/mol. The summed E-state index contributed by atoms with van der Waals surface area (Å²) in [5.41, 5.74) is 1.51. The van der Waals surface area contributed by atoms with Crippen molar-refractivity contribution < 1.29 is 9.53 Å². The summed E-state index contributed by atoms with van der Waals surface area (Å²) in [6.07, 6.45) is 3.19. The summed E-state index contributed by atoms with van der Waals surface area (Å²) in [6, 6.07) is 5.07. The Bertz CT molecular complexity index is 1160. The van der Waals surface area contributed by atoms with Crippen LogP contribution in [-0.2, 0) is 11.3 Å². The number of nitrogens with zero attached hydrogens (tertiary/aromatic N) is 3. The third-order valence-electron chi connectivity index (χ3n) is 4.30. The van der Waals surface area contributed by atoms with E-state index in [0.29, 0.717) is 24.4 Å². The molecule has 0 saturated carbocycles. The first kappa shape index (κ1) is 18.5. The topological polar surface area (TPSA) is 101 Å². The van der Waals surface area contributed by atoms with Gasteiger partial charge in [-0.05, 0) is 24.6 Å². The molecule has 3 rings (SSSR count). The Morgan fingerprint density at radius 3 is 2.93 bits per heavy atom. The molecule has 27 heavy (non-hydrogen) atoms. The monoisotopic (exact) mass is 367 g/mol. The minimum Gasteiger partial charge on any atom is -0.383 e. The highest BCUT2D eigenvalue weighted by Gasteiger charge is 2.17. The molecule has 0 aromatic carbocycles. The fourth-order valence-electron chi connectivity index (χ4n) is 2.93. The number of methoxy groups -OCH3 is 1. The molecular formula is C19H21N5O3. The minimum atomic E-state index is -0.443. The molecule has 140 valence electrons. The summed E-state index contributed by atoms with van der Waals surface area (Å²) in [7, 11) is 1.55. The number of aryl methyl sites for hydroxylation is 1. The van der Waals surface area contributed by atoms with E-state index in [2.05, 4.69) is 16.9 Å². The Labute approximate surface area is 155 Å². The molecule has 3 aromatic rings. The molecule has 0 aliphatic carbocycles. The maximum Gasteiger partial charge on any atom is 0.267 e. The molecule has 2 N–H and O–H groups in total. The van der Waals surface area contributed by atoms with Crippen LogP contribution >= 0.6 is 0 Å². The lowest BCUT2D eigenvalue weighted by molar-refractivity contribution is 0.0955. The standard InChI is InChI=1S/C19H21N5O3/c1-4-7-21-18(25)13-11-14-17(23(15(13)20)9-10-27-3)22-16-12(2)6-5-8-24(16)19(14)26/h4-6,8,11,20H,1,7,9-10H2,2-3H3,(H,21,25). The summed E-state index contributed by atoms with van der Waals surface area (Å²) in [4.78, 5) is 30.1. The van der Waals surface area contributed by atoms with E-state index in [9.17, 15) is 9.59 Å². The van der Waals surface area contributed by atoms with E-state index in [1.165, 1.54) is 15.0 Å². The van der Waals surface area contributed by atoms with Crippen molar-refractivity contribution in [3.8, 4) is 0 Å². The van der Waals surface area contributed by atoms with E-state index in [-0.39, 0.29) is 28.5 Å². The molecule has 0 radical (unpaired) electrons. The maximum absolute atomic E-state index is 13.0. The van der Waals surface area contributed by atoms with Gasteiger partial charge < -0.3 is 14.6 Å². The number of rotatable bonds is 6. The van der Waals surface area contributed by atoms with Crippen LogP contribution in [0.25, 0.3) is 16.7 Å². The second kappa shape index (κ2) is 7.55. The molecule has 1 amide bonds. The van der Waals surface area contributed by atoms with Gasteiger partial charge in [-0.1, -0.05) is 12.1 Å². The van der Waals surface area contributed by atoms with E-state index < -0.39 is 5.91 Å². The van der Waals surface area contributed by atoms with Gasteiger partial charge in [0, 0.05) is 26.4 Å². The summed E-state index contributed by atoms with van der Waals surface area (Å²) < 4.78 is 8.12. The van der Waals surface area contributed by atoms with Crippen LogP contribution in [0.15, 0.2) is 41.8 Å². The van der Waals surface area contributed by atoms with Gasteiger partial charge in [-0.25, -0.2) is 4.98 Å². The smallest absolute Gasteiger partial charge is 0.267 e. The van der Waals surface area contributed by atoms with Crippen LogP contribution in [0.1, 0.15) is 15.9 Å². The van der Waals surface area contributed by atoms with Crippen LogP contribution in [0.4, 0.5) is 0 Å². The molecule has 3 aromatic heterocycles. The number of hydrogen-bond donors (Lipinski definition) is 2. The molecule has 0 fully saturated rings. The number of aromatic nitrogens is 3. The van der Waals surface area contributed by atoms with Gasteiger partial charge >= 0.3 is 0 Å². The summed E-state index contributed by atoms with van der Waals surface area (Å²) in [6.45, 7) is 6.31. The second-order valence-electron chi connectivity index (χ2n) is 6.09. The van der Waals surface area contributed by atoms with Gasteiger partial charge in [0.15, 0.2) is 0 Å². The summed E-state index contributed by atoms with van der Waals surface area (Å²) in [5, 5.41) is 11.4. The molecular weight excluding hydrogens is 346 g/mol. The van der Waals surface area contributed by atoms with E-state index in [0.717, 1.165) is 5.56 Å². The Balaban J connectivity index is 2.39. The lowest BCUT2D eigenvalue weighted by atomic mass is 10.2. The second-order valence-corrected chi connectivity index (χ2v) is 6.09. The van der Waals surface area contributed by atoms with Crippen LogP contribution in [-0.4, -0.2) is 40.1 Å². The van der Waals surface area contributed by atoms with Crippen molar-refractivity contribution in [1.29, 1.82) is 5.41 Å². The van der Waals surface area contributed by atoms with E-state index in [1.807, 2.05) is 13.0 Å². The number of nitrogens with one attached hydrogen (secondary N) is 2. The molecule has 0 aliphatic heterocycles. The maximum atomic E-state index is 13.0. The number of ether oxygens (including phenoxy) is 1. The van der Waals surface area contributed by atoms with Gasteiger partial charge in [-0.3, -0.25) is 19.4 Å². The molecule has 0 saturated heterocycles. The Kier molecular flexibility index (Phi) is 5.18. The highest BCUT2D eigenvalue weighted by molar-refractivity contribution is 5.96. The van der Waals surface area contributed by atoms with Crippen LogP contribution in [0.5, 0.6) is 0 Å². The largest absolute Gasteiger partial charge is 0.383 e. The van der Waals surface area contributed by atoms with Crippen molar-refractivity contribution in [2.75, 3.05) is 20.3 Å². The van der Waals surface area contributed by atoms with Crippen molar-refractivity contribution in [3.05, 3.63) is 64.0 Å². The first-order chi connectivity index (χ1) is 13.0. The zero-order valence-corrected chi connectivity index (χ0v) is 15.3. The quantitative estimate of drug-likeness (QED) is 0.501. The van der Waals surface area contributed by atoms with Gasteiger partial charge in [-0.15, -0.1) is 6.58 Å². The van der Waals surface area contributed by atoms with Crippen molar-refractivity contribution in [3.63, 3.8) is 0 Å². The minimum absolute atomic E-state index is 0.0223. The van der Waals surface area contributed by atoms with Crippen LogP contribution in [0.3, 0.4) is 0 Å². The predicted octanol–water partition coefficient (Wildman–Crippen LogP) is 0.999. The summed E-state index contributed by atoms with van der Waals surface area (Å²) in [5.74, 6) is -0.443. The molecule has 0 unspecified atom stereocenters. The van der Waals surface area contributed by atoms with Gasteiger partial charge in [0.2, 0.25) is 0 Å². The van der Waals surface area contributed by atoms with E-state index in [4.69, 9.17) is 10.1 Å². The van der Waals surface area contributed by atoms with Gasteiger partial charge in [0.1, 0.15) is 16.8 Å². The third kappa shape index (κ3) is 3.26. The molecule has 3 heterocycles. The molecule has 0 atom stereocenters. The van der Waals surface area contributed by atoms with Crippen molar-refractivity contribution in [2.45, 2.75) is 13.5 Å². The summed E-state index contributed by atoms with van der Waals surface area (Å²) >= 11 is 0. The number of carbonyl (C=O) groups excluding carboxylic acids is 1. The number of carbonyl (C=O) groups is 1. The lowest BCUT2D eigenvalue weighted by Crippen LogP contribution is -2.35. The average molecular weight is 367 g/mol. The number of hydrogen-bond acceptors (Lipinski definition) is 5. The Morgan fingerprint density at radius 1 is 1.44 bits per heavy atom. The lowest BCUT2D eigenvalue weighted by Gasteiger charge is -2.14. The van der Waals surface area contributed by atoms with Gasteiger partial charge in [-0.2, -0.15) is 0 Å². The molecule has 8 heteroatoms. The highest BCUT2D eigenvalue weighted by atomic mass is 16.5.